The molecule has 0 amide bonds. The lowest BCUT2D eigenvalue weighted by Crippen LogP contribution is -2.50. The third-order valence-electron chi connectivity index (χ3n) is 4.56. The van der Waals surface area contributed by atoms with Gasteiger partial charge in [0.05, 0.1) is 6.42 Å². The van der Waals surface area contributed by atoms with Crippen LogP contribution < -0.4 is 0 Å². The van der Waals surface area contributed by atoms with Gasteiger partial charge in [-0.3, -0.25) is 4.79 Å². The topological polar surface area (TPSA) is 52.6 Å². The first kappa shape index (κ1) is 19.1. The van der Waals surface area contributed by atoms with Crippen molar-refractivity contribution >= 4 is 11.9 Å². The molecule has 1 heterocycles. The largest absolute Gasteiger partial charge is 0.457 e. The van der Waals surface area contributed by atoms with Crippen molar-refractivity contribution in [3.63, 3.8) is 0 Å². The molecule has 1 aliphatic heterocycles. The smallest absolute Gasteiger partial charge is 0.355 e. The first-order chi connectivity index (χ1) is 12.7. The summed E-state index contributed by atoms with van der Waals surface area (Å²) in [7, 11) is 0. The lowest BCUT2D eigenvalue weighted by Gasteiger charge is -2.36. The van der Waals surface area contributed by atoms with E-state index in [1.165, 1.54) is 0 Å². The maximum Gasteiger partial charge on any atom is 0.355 e. The standard InChI is InChI=1S/C22H23FO4/c1-21(2,3)27-20(25)22(19(23)16-12-8-5-9-13-16)17(14-18(24)26-22)15-10-6-4-7-11-15/h4-13,17,19H,14H2,1-3H3/t17-,19+,22-/m0/s1. The van der Waals surface area contributed by atoms with E-state index in [-0.39, 0.29) is 12.0 Å². The normalized spacial score (nSPS) is 23.6. The summed E-state index contributed by atoms with van der Waals surface area (Å²) in [5, 5.41) is 0. The molecule has 1 aliphatic rings. The van der Waals surface area contributed by atoms with Crippen LogP contribution in [0.1, 0.15) is 50.4 Å². The number of carbonyl (C=O) groups excluding carboxylic acids is 2. The Morgan fingerprint density at radius 1 is 1.11 bits per heavy atom. The second-order valence-electron chi connectivity index (χ2n) is 7.71. The molecule has 0 bridgehead atoms. The van der Waals surface area contributed by atoms with E-state index in [0.29, 0.717) is 5.56 Å². The number of alkyl halides is 1. The van der Waals surface area contributed by atoms with Crippen LogP contribution in [0, 0.1) is 0 Å². The Morgan fingerprint density at radius 3 is 2.22 bits per heavy atom. The second kappa shape index (κ2) is 7.14. The summed E-state index contributed by atoms with van der Waals surface area (Å²) in [6.07, 6.45) is -1.94. The molecular weight excluding hydrogens is 347 g/mol. The fraction of sp³-hybridized carbons (Fsp3) is 0.364. The number of hydrogen-bond acceptors (Lipinski definition) is 4. The SMILES string of the molecule is CC(C)(C)OC(=O)[C@]1([C@H](F)c2ccccc2)OC(=O)C[C@H]1c1ccccc1. The molecule has 27 heavy (non-hydrogen) atoms. The predicted octanol–water partition coefficient (Wildman–Crippen LogP) is 4.51. The molecule has 4 nitrogen and oxygen atoms in total. The van der Waals surface area contributed by atoms with Gasteiger partial charge in [-0.15, -0.1) is 0 Å². The molecule has 0 unspecified atom stereocenters. The van der Waals surface area contributed by atoms with Crippen LogP contribution >= 0.6 is 0 Å². The molecule has 2 aromatic carbocycles. The Balaban J connectivity index is 2.14. The molecular formula is C22H23FO4. The zero-order chi connectivity index (χ0) is 19.7. The molecule has 3 atom stereocenters. The maximum atomic E-state index is 15.9. The number of rotatable bonds is 4. The third kappa shape index (κ3) is 3.72. The van der Waals surface area contributed by atoms with Gasteiger partial charge >= 0.3 is 11.9 Å². The lowest BCUT2D eigenvalue weighted by molar-refractivity contribution is -0.193. The van der Waals surface area contributed by atoms with E-state index in [1.54, 1.807) is 75.4 Å². The van der Waals surface area contributed by atoms with Crippen LogP contribution in [0.4, 0.5) is 4.39 Å². The van der Waals surface area contributed by atoms with Crippen LogP contribution in [0.2, 0.25) is 0 Å². The van der Waals surface area contributed by atoms with Gasteiger partial charge in [0.1, 0.15) is 5.60 Å². The maximum absolute atomic E-state index is 15.9. The monoisotopic (exact) mass is 370 g/mol. The molecule has 0 aliphatic carbocycles. The first-order valence-electron chi connectivity index (χ1n) is 8.93. The molecule has 142 valence electrons. The number of hydrogen-bond donors (Lipinski definition) is 0. The van der Waals surface area contributed by atoms with Gasteiger partial charge in [0.15, 0.2) is 6.17 Å². The van der Waals surface area contributed by atoms with Crippen molar-refractivity contribution in [2.75, 3.05) is 0 Å². The van der Waals surface area contributed by atoms with E-state index in [9.17, 15) is 9.59 Å². The van der Waals surface area contributed by atoms with Crippen molar-refractivity contribution in [2.24, 2.45) is 0 Å². The average Bonchev–Trinajstić information content (AvgIpc) is 3.00. The highest BCUT2D eigenvalue weighted by Crippen LogP contribution is 2.51. The average molecular weight is 370 g/mol. The number of cyclic esters (lactones) is 1. The van der Waals surface area contributed by atoms with Crippen LogP contribution in [0.3, 0.4) is 0 Å². The van der Waals surface area contributed by atoms with Gasteiger partial charge in [0.25, 0.3) is 5.60 Å². The van der Waals surface area contributed by atoms with Crippen LogP contribution in [0.15, 0.2) is 60.7 Å². The molecule has 1 fully saturated rings. The van der Waals surface area contributed by atoms with Gasteiger partial charge in [-0.05, 0) is 31.9 Å². The minimum absolute atomic E-state index is 0.0868. The van der Waals surface area contributed by atoms with E-state index in [0.717, 1.165) is 0 Å². The van der Waals surface area contributed by atoms with Crippen LogP contribution in [-0.2, 0) is 19.1 Å². The highest BCUT2D eigenvalue weighted by atomic mass is 19.1. The van der Waals surface area contributed by atoms with Gasteiger partial charge in [0, 0.05) is 5.92 Å². The van der Waals surface area contributed by atoms with E-state index < -0.39 is 35.2 Å². The van der Waals surface area contributed by atoms with Gasteiger partial charge < -0.3 is 9.47 Å². The van der Waals surface area contributed by atoms with Gasteiger partial charge in [0.2, 0.25) is 0 Å². The Morgan fingerprint density at radius 2 is 1.67 bits per heavy atom. The molecule has 2 aromatic rings. The number of esters is 2. The van der Waals surface area contributed by atoms with Gasteiger partial charge in [-0.2, -0.15) is 0 Å². The highest BCUT2D eigenvalue weighted by molar-refractivity contribution is 5.90. The lowest BCUT2D eigenvalue weighted by atomic mass is 9.76. The van der Waals surface area contributed by atoms with E-state index in [4.69, 9.17) is 9.47 Å². The van der Waals surface area contributed by atoms with Crippen LogP contribution in [-0.4, -0.2) is 23.1 Å². The molecule has 5 heteroatoms. The quantitative estimate of drug-likeness (QED) is 0.743. The molecule has 1 saturated heterocycles. The molecule has 0 radical (unpaired) electrons. The first-order valence-corrected chi connectivity index (χ1v) is 8.93. The fourth-order valence-corrected chi connectivity index (χ4v) is 3.41. The summed E-state index contributed by atoms with van der Waals surface area (Å²) in [6.45, 7) is 5.09. The van der Waals surface area contributed by atoms with Crippen LogP contribution in [0.25, 0.3) is 0 Å². The minimum atomic E-state index is -2.06. The number of carbonyl (C=O) groups is 2. The van der Waals surface area contributed by atoms with Crippen LogP contribution in [0.5, 0.6) is 0 Å². The Labute approximate surface area is 158 Å². The summed E-state index contributed by atoms with van der Waals surface area (Å²) in [4.78, 5) is 25.4. The molecule has 0 N–H and O–H groups in total. The highest BCUT2D eigenvalue weighted by Gasteiger charge is 2.63. The third-order valence-corrected chi connectivity index (χ3v) is 4.56. The molecule has 0 aromatic heterocycles. The Hall–Kier alpha value is -2.69. The summed E-state index contributed by atoms with van der Waals surface area (Å²) in [5.41, 5.74) is -1.99. The zero-order valence-corrected chi connectivity index (χ0v) is 15.6. The van der Waals surface area contributed by atoms with E-state index in [1.807, 2.05) is 6.07 Å². The van der Waals surface area contributed by atoms with Crippen molar-refractivity contribution in [2.45, 2.75) is 50.5 Å². The molecule has 0 saturated carbocycles. The predicted molar refractivity (Wildman–Crippen MR) is 98.8 cm³/mol. The summed E-state index contributed by atoms with van der Waals surface area (Å²) in [6, 6.07) is 17.2. The summed E-state index contributed by atoms with van der Waals surface area (Å²) in [5.74, 6) is -2.27. The van der Waals surface area contributed by atoms with Gasteiger partial charge in [-0.25, -0.2) is 9.18 Å². The van der Waals surface area contributed by atoms with E-state index >= 15 is 4.39 Å². The molecule has 0 spiro atoms. The van der Waals surface area contributed by atoms with Crippen molar-refractivity contribution in [1.29, 1.82) is 0 Å². The number of halogens is 1. The minimum Gasteiger partial charge on any atom is -0.457 e. The molecule has 3 rings (SSSR count). The van der Waals surface area contributed by atoms with Crippen molar-refractivity contribution in [3.05, 3.63) is 71.8 Å². The van der Waals surface area contributed by atoms with Gasteiger partial charge in [-0.1, -0.05) is 60.7 Å². The Bertz CT molecular complexity index is 813. The van der Waals surface area contributed by atoms with E-state index in [2.05, 4.69) is 0 Å². The Kier molecular flexibility index (Phi) is 5.05. The summed E-state index contributed by atoms with van der Waals surface area (Å²) >= 11 is 0. The fourth-order valence-electron chi connectivity index (χ4n) is 3.41. The van der Waals surface area contributed by atoms with Crippen molar-refractivity contribution in [3.8, 4) is 0 Å². The van der Waals surface area contributed by atoms with Crippen molar-refractivity contribution < 1.29 is 23.5 Å². The van der Waals surface area contributed by atoms with Crippen molar-refractivity contribution in [1.82, 2.24) is 0 Å². The number of benzene rings is 2. The summed E-state index contributed by atoms with van der Waals surface area (Å²) < 4.78 is 26.8. The second-order valence-corrected chi connectivity index (χ2v) is 7.71. The zero-order valence-electron chi connectivity index (χ0n) is 15.6. The number of ether oxygens (including phenoxy) is 2.